The van der Waals surface area contributed by atoms with Gasteiger partial charge in [-0.15, -0.1) is 0 Å². The van der Waals surface area contributed by atoms with Crippen LogP contribution in [0.5, 0.6) is 0 Å². The molecule has 2 rings (SSSR count). The van der Waals surface area contributed by atoms with Gasteiger partial charge in [-0.1, -0.05) is 93.6 Å². The predicted octanol–water partition coefficient (Wildman–Crippen LogP) is 6.18. The highest BCUT2D eigenvalue weighted by Gasteiger charge is 2.32. The number of halogens is 1. The molecule has 1 aliphatic rings. The van der Waals surface area contributed by atoms with Crippen LogP contribution in [-0.4, -0.2) is 47.9 Å². The molecule has 8 heteroatoms. The van der Waals surface area contributed by atoms with E-state index < -0.39 is 29.8 Å². The second kappa shape index (κ2) is 21.0. The van der Waals surface area contributed by atoms with Gasteiger partial charge in [0.05, 0.1) is 5.41 Å². The van der Waals surface area contributed by atoms with E-state index in [4.69, 9.17) is 22.1 Å². The Morgan fingerprint density at radius 3 is 2.39 bits per heavy atom. The van der Waals surface area contributed by atoms with Crippen molar-refractivity contribution in [1.29, 1.82) is 0 Å². The molecular weight excluding hydrogens is 574 g/mol. The van der Waals surface area contributed by atoms with Gasteiger partial charge in [0.25, 0.3) is 0 Å². The predicted molar refractivity (Wildman–Crippen MR) is 182 cm³/mol. The van der Waals surface area contributed by atoms with Gasteiger partial charge in [0.2, 0.25) is 5.91 Å². The van der Waals surface area contributed by atoms with E-state index in [-0.39, 0.29) is 36.2 Å². The van der Waals surface area contributed by atoms with Crippen LogP contribution in [0.2, 0.25) is 5.02 Å². The molecule has 44 heavy (non-hydrogen) atoms. The van der Waals surface area contributed by atoms with Crippen molar-refractivity contribution in [3.05, 3.63) is 71.8 Å². The molecule has 6 unspecified atom stereocenters. The highest BCUT2D eigenvalue weighted by Crippen LogP contribution is 2.20. The summed E-state index contributed by atoms with van der Waals surface area (Å²) < 4.78 is 6.01. The Balaban J connectivity index is 0.00000120. The number of ether oxygens (including phenoxy) is 1. The summed E-state index contributed by atoms with van der Waals surface area (Å²) in [5.41, 5.74) is 4.97. The number of allylic oxidation sites excluding steroid dienone is 3. The van der Waals surface area contributed by atoms with Crippen LogP contribution in [-0.2, 0) is 14.3 Å². The number of rotatable bonds is 16. The molecule has 0 fully saturated rings. The highest BCUT2D eigenvalue weighted by atomic mass is 35.5. The summed E-state index contributed by atoms with van der Waals surface area (Å²) >= 11 is 5.54. The van der Waals surface area contributed by atoms with Crippen LogP contribution in [0.3, 0.4) is 0 Å². The first-order valence-corrected chi connectivity index (χ1v) is 16.0. The van der Waals surface area contributed by atoms with E-state index in [1.165, 1.54) is 0 Å². The summed E-state index contributed by atoms with van der Waals surface area (Å²) in [4.78, 5) is 26.1. The van der Waals surface area contributed by atoms with Crippen molar-refractivity contribution in [3.63, 3.8) is 0 Å². The molecule has 0 radical (unpaired) electrons. The minimum atomic E-state index is -0.789. The third kappa shape index (κ3) is 16.3. The van der Waals surface area contributed by atoms with Crippen molar-refractivity contribution in [3.8, 4) is 11.8 Å². The number of hydrogen-bond acceptors (Lipinski definition) is 6. The Kier molecular flexibility index (Phi) is 18.6. The lowest BCUT2D eigenvalue weighted by Gasteiger charge is -2.28. The molecule has 1 aliphatic carbocycles. The summed E-state index contributed by atoms with van der Waals surface area (Å²) in [7, 11) is 0. The van der Waals surface area contributed by atoms with Crippen molar-refractivity contribution >= 4 is 23.5 Å². The number of carbonyl (C=O) groups excluding carboxylic acids is 2. The van der Waals surface area contributed by atoms with E-state index in [2.05, 4.69) is 40.7 Å². The number of carbonyl (C=O) groups is 2. The quantitative estimate of drug-likeness (QED) is 0.0753. The first-order valence-electron chi connectivity index (χ1n) is 15.6. The van der Waals surface area contributed by atoms with E-state index in [9.17, 15) is 14.7 Å². The van der Waals surface area contributed by atoms with Crippen LogP contribution in [0.15, 0.2) is 66.8 Å². The summed E-state index contributed by atoms with van der Waals surface area (Å²) in [6.45, 7) is 13.7. The number of esters is 1. The summed E-state index contributed by atoms with van der Waals surface area (Å²) in [6.07, 6.45) is 12.9. The monoisotopic (exact) mass is 627 g/mol. The molecule has 1 aromatic rings. The molecule has 1 amide bonds. The van der Waals surface area contributed by atoms with Gasteiger partial charge in [-0.3, -0.25) is 10.1 Å². The van der Waals surface area contributed by atoms with E-state index in [1.807, 2.05) is 77.1 Å². The Labute approximate surface area is 270 Å². The van der Waals surface area contributed by atoms with Crippen LogP contribution in [0, 0.1) is 35.0 Å². The molecule has 0 aromatic heterocycles. The van der Waals surface area contributed by atoms with Gasteiger partial charge in [-0.05, 0) is 63.8 Å². The Morgan fingerprint density at radius 1 is 1.18 bits per heavy atom. The van der Waals surface area contributed by atoms with Crippen LogP contribution >= 0.6 is 11.6 Å². The molecule has 6 atom stereocenters. The number of nitrogens with one attached hydrogen (secondary N) is 2. The lowest BCUT2D eigenvalue weighted by atomic mass is 9.91. The zero-order valence-corrected chi connectivity index (χ0v) is 28.3. The van der Waals surface area contributed by atoms with Crippen LogP contribution in [0.1, 0.15) is 74.1 Å². The smallest absolute Gasteiger partial charge is 0.328 e. The Bertz CT molecular complexity index is 1140. The first kappa shape index (κ1) is 39.1. The summed E-state index contributed by atoms with van der Waals surface area (Å²) in [5.74, 6) is 5.61. The van der Waals surface area contributed by atoms with Crippen molar-refractivity contribution in [1.82, 2.24) is 10.6 Å². The zero-order chi connectivity index (χ0) is 33.1. The third-order valence-electron chi connectivity index (χ3n) is 7.29. The number of aliphatic hydroxyl groups is 1. The van der Waals surface area contributed by atoms with E-state index in [1.54, 1.807) is 19.9 Å². The minimum Gasteiger partial charge on any atom is -0.460 e. The molecular formula is C36H54ClN3O4. The zero-order valence-electron chi connectivity index (χ0n) is 27.6. The standard InChI is InChI=1S/C30H49N3O4.C6H5Cl/c1-8-23(5)32-27(34)16-12-15-26(22(4)17-18-24-13-10-9-11-14-24)37-28(35)25(19-21(2)3)33-29(36)30(6,7)20-31;7-6-4-2-1-3-5-6/h10,12-13,16-18,21-27,32,34H,8,14-15,19-20,31H2,1-7H3,(H,33,36);1-5H/b16-12+,18-17+;. The normalized spacial score (nSPS) is 18.0. The molecule has 1 aromatic carbocycles. The third-order valence-corrected chi connectivity index (χ3v) is 7.54. The van der Waals surface area contributed by atoms with E-state index >= 15 is 0 Å². The second-order valence-electron chi connectivity index (χ2n) is 12.4. The highest BCUT2D eigenvalue weighted by molar-refractivity contribution is 6.30. The fourth-order valence-electron chi connectivity index (χ4n) is 4.00. The molecule has 5 N–H and O–H groups in total. The van der Waals surface area contributed by atoms with E-state index in [0.717, 1.165) is 17.9 Å². The Hall–Kier alpha value is -2.89. The van der Waals surface area contributed by atoms with Gasteiger partial charge in [-0.2, -0.15) is 0 Å². The number of benzene rings is 1. The van der Waals surface area contributed by atoms with Crippen LogP contribution in [0.25, 0.3) is 0 Å². The summed E-state index contributed by atoms with van der Waals surface area (Å²) in [6, 6.07) is 8.86. The molecule has 0 saturated heterocycles. The largest absolute Gasteiger partial charge is 0.460 e. The fourth-order valence-corrected chi connectivity index (χ4v) is 4.15. The maximum absolute atomic E-state index is 13.3. The molecule has 0 heterocycles. The molecule has 0 spiro atoms. The van der Waals surface area contributed by atoms with E-state index in [0.29, 0.717) is 12.8 Å². The van der Waals surface area contributed by atoms with Crippen LogP contribution in [0.4, 0.5) is 0 Å². The molecule has 7 nitrogen and oxygen atoms in total. The molecule has 0 bridgehead atoms. The van der Waals surface area contributed by atoms with Gasteiger partial charge in [0, 0.05) is 42.3 Å². The Morgan fingerprint density at radius 2 is 1.86 bits per heavy atom. The first-order chi connectivity index (χ1) is 20.8. The number of amides is 1. The average molecular weight is 628 g/mol. The minimum absolute atomic E-state index is 0.0903. The van der Waals surface area contributed by atoms with Gasteiger partial charge in [0.1, 0.15) is 18.4 Å². The second-order valence-corrected chi connectivity index (χ2v) is 12.8. The maximum atomic E-state index is 13.3. The average Bonchev–Trinajstić information content (AvgIpc) is 2.99. The topological polar surface area (TPSA) is 114 Å². The lowest BCUT2D eigenvalue weighted by molar-refractivity contribution is -0.155. The van der Waals surface area contributed by atoms with Gasteiger partial charge < -0.3 is 20.9 Å². The van der Waals surface area contributed by atoms with Crippen molar-refractivity contribution in [2.45, 2.75) is 98.6 Å². The van der Waals surface area contributed by atoms with Crippen LogP contribution < -0.4 is 16.4 Å². The van der Waals surface area contributed by atoms with Gasteiger partial charge in [0.15, 0.2) is 0 Å². The SMILES string of the molecule is CCC(C)NC(O)/C=C/CC(OC(=O)C(CC(C)C)NC(=O)C(C)(C)CN)C(C)/C=C/C1C=CC#CC1.Clc1ccccc1. The van der Waals surface area contributed by atoms with Crippen molar-refractivity contribution in [2.24, 2.45) is 28.9 Å². The van der Waals surface area contributed by atoms with Crippen molar-refractivity contribution < 1.29 is 19.4 Å². The fraction of sp³-hybridized carbons (Fsp3) is 0.556. The van der Waals surface area contributed by atoms with Gasteiger partial charge >= 0.3 is 5.97 Å². The molecule has 244 valence electrons. The molecule has 0 saturated carbocycles. The number of hydrogen-bond donors (Lipinski definition) is 4. The summed E-state index contributed by atoms with van der Waals surface area (Å²) in [5, 5.41) is 17.0. The van der Waals surface area contributed by atoms with Crippen molar-refractivity contribution in [2.75, 3.05) is 6.54 Å². The number of nitrogens with two attached hydrogens (primary N) is 1. The lowest BCUT2D eigenvalue weighted by Crippen LogP contribution is -2.50. The van der Waals surface area contributed by atoms with Gasteiger partial charge in [-0.25, -0.2) is 4.79 Å². The molecule has 0 aliphatic heterocycles. The number of aliphatic hydroxyl groups excluding tert-OH is 1. The maximum Gasteiger partial charge on any atom is 0.328 e.